The van der Waals surface area contributed by atoms with Gasteiger partial charge in [0.15, 0.2) is 0 Å². The van der Waals surface area contributed by atoms with Gasteiger partial charge in [0.1, 0.15) is 23.8 Å². The summed E-state index contributed by atoms with van der Waals surface area (Å²) in [5.41, 5.74) is -0.0266. The van der Waals surface area contributed by atoms with Crippen LogP contribution in [0.15, 0.2) is 47.4 Å². The fourth-order valence-corrected chi connectivity index (χ4v) is 4.48. The summed E-state index contributed by atoms with van der Waals surface area (Å²) in [5, 5.41) is 5.11. The van der Waals surface area contributed by atoms with E-state index in [1.165, 1.54) is 22.5 Å². The lowest BCUT2D eigenvalue weighted by atomic mass is 10.2. The predicted octanol–water partition coefficient (Wildman–Crippen LogP) is 4.29. The summed E-state index contributed by atoms with van der Waals surface area (Å²) in [6.45, 7) is 7.46. The number of carbonyl (C=O) groups is 2. The Morgan fingerprint density at radius 3 is 2.34 bits per heavy atom. The second kappa shape index (κ2) is 11.9. The molecule has 2 aromatic rings. The van der Waals surface area contributed by atoms with Crippen LogP contribution in [0.1, 0.15) is 40.5 Å². The molecule has 1 aliphatic heterocycles. The first-order valence-corrected chi connectivity index (χ1v) is 12.6. The Bertz CT molecular complexity index is 1130. The Balaban J connectivity index is 0.000000540. The minimum absolute atomic E-state index is 0.0349. The standard InChI is InChI=1S/C19H21FN2O5S.C5H11NO/c1-19(2,3)27-18(23)21-14-6-9-17-16(12-14)22(10-11-26-17)28(24,25)15-7-4-13(20)5-8-15;1-3-4-5(7)6-2/h4-9,12H,10-11H2,1-3H3,(H,21,23);3-4H2,1-2H3,(H,6,7). The first-order valence-electron chi connectivity index (χ1n) is 11.1. The molecule has 0 atom stereocenters. The fourth-order valence-electron chi connectivity index (χ4n) is 3.03. The summed E-state index contributed by atoms with van der Waals surface area (Å²) in [6, 6.07) is 9.28. The van der Waals surface area contributed by atoms with E-state index in [4.69, 9.17) is 9.47 Å². The first-order chi connectivity index (χ1) is 16.4. The topological polar surface area (TPSA) is 114 Å². The molecule has 2 N–H and O–H groups in total. The molecule has 0 unspecified atom stereocenters. The zero-order valence-corrected chi connectivity index (χ0v) is 21.4. The molecule has 0 bridgehead atoms. The van der Waals surface area contributed by atoms with E-state index in [0.29, 0.717) is 17.9 Å². The van der Waals surface area contributed by atoms with Crippen LogP contribution in [-0.4, -0.2) is 46.2 Å². The highest BCUT2D eigenvalue weighted by Crippen LogP contribution is 2.37. The third-order valence-electron chi connectivity index (χ3n) is 4.58. The van der Waals surface area contributed by atoms with Crippen molar-refractivity contribution in [3.8, 4) is 5.75 Å². The maximum atomic E-state index is 13.2. The highest BCUT2D eigenvalue weighted by molar-refractivity contribution is 7.92. The minimum Gasteiger partial charge on any atom is -0.489 e. The first kappa shape index (κ1) is 27.9. The molecule has 11 heteroatoms. The number of amides is 2. The molecule has 0 aromatic heterocycles. The second-order valence-electron chi connectivity index (χ2n) is 8.61. The van der Waals surface area contributed by atoms with Crippen LogP contribution in [0.5, 0.6) is 5.75 Å². The smallest absolute Gasteiger partial charge is 0.412 e. The number of nitrogens with one attached hydrogen (secondary N) is 2. The lowest BCUT2D eigenvalue weighted by Crippen LogP contribution is -2.38. The SMILES string of the molecule is CC(C)(C)OC(=O)Nc1ccc2c(c1)N(S(=O)(=O)c1ccc(F)cc1)CCO2.CCCC(=O)NC. The fraction of sp³-hybridized carbons (Fsp3) is 0.417. The van der Waals surface area contributed by atoms with Crippen molar-refractivity contribution in [2.45, 2.75) is 51.0 Å². The summed E-state index contributed by atoms with van der Waals surface area (Å²) < 4.78 is 51.1. The summed E-state index contributed by atoms with van der Waals surface area (Å²) in [6.07, 6.45) is 0.924. The number of ether oxygens (including phenoxy) is 2. The Labute approximate surface area is 205 Å². The molecule has 35 heavy (non-hydrogen) atoms. The molecule has 1 aliphatic rings. The molecule has 2 aromatic carbocycles. The van der Waals surface area contributed by atoms with Crippen LogP contribution < -0.4 is 19.7 Å². The highest BCUT2D eigenvalue weighted by atomic mass is 32.2. The second-order valence-corrected chi connectivity index (χ2v) is 10.5. The summed E-state index contributed by atoms with van der Waals surface area (Å²) in [4.78, 5) is 22.3. The van der Waals surface area contributed by atoms with Crippen molar-refractivity contribution in [1.29, 1.82) is 0 Å². The van der Waals surface area contributed by atoms with E-state index in [9.17, 15) is 22.4 Å². The molecule has 9 nitrogen and oxygen atoms in total. The van der Waals surface area contributed by atoms with Gasteiger partial charge in [-0.25, -0.2) is 17.6 Å². The largest absolute Gasteiger partial charge is 0.489 e. The third-order valence-corrected chi connectivity index (χ3v) is 6.41. The average molecular weight is 510 g/mol. The Morgan fingerprint density at radius 2 is 1.80 bits per heavy atom. The van der Waals surface area contributed by atoms with Crippen LogP contribution in [0.25, 0.3) is 0 Å². The molecule has 192 valence electrons. The van der Waals surface area contributed by atoms with Crippen LogP contribution in [0.3, 0.4) is 0 Å². The summed E-state index contributed by atoms with van der Waals surface area (Å²) in [7, 11) is -2.27. The van der Waals surface area contributed by atoms with Crippen LogP contribution in [0, 0.1) is 5.82 Å². The molecule has 0 saturated carbocycles. The van der Waals surface area contributed by atoms with E-state index in [2.05, 4.69) is 10.6 Å². The zero-order chi connectivity index (χ0) is 26.2. The Morgan fingerprint density at radius 1 is 1.14 bits per heavy atom. The number of nitrogens with zero attached hydrogens (tertiary/aromatic N) is 1. The molecule has 0 aliphatic carbocycles. The van der Waals surface area contributed by atoms with Gasteiger partial charge in [-0.2, -0.15) is 0 Å². The maximum absolute atomic E-state index is 13.2. The van der Waals surface area contributed by atoms with Gasteiger partial charge in [0.25, 0.3) is 10.0 Å². The van der Waals surface area contributed by atoms with Crippen molar-refractivity contribution in [3.63, 3.8) is 0 Å². The number of sulfonamides is 1. The van der Waals surface area contributed by atoms with E-state index in [0.717, 1.165) is 18.6 Å². The quantitative estimate of drug-likeness (QED) is 0.622. The van der Waals surface area contributed by atoms with Crippen molar-refractivity contribution in [1.82, 2.24) is 5.32 Å². The molecule has 3 rings (SSSR count). The van der Waals surface area contributed by atoms with Crippen LogP contribution in [0.4, 0.5) is 20.6 Å². The lowest BCUT2D eigenvalue weighted by molar-refractivity contribution is -0.120. The summed E-state index contributed by atoms with van der Waals surface area (Å²) in [5.74, 6) is -0.0284. The molecule has 0 spiro atoms. The van der Waals surface area contributed by atoms with E-state index < -0.39 is 27.5 Å². The third kappa shape index (κ3) is 8.13. The number of anilines is 2. The molecule has 1 heterocycles. The molecular formula is C24H32FN3O6S. The zero-order valence-electron chi connectivity index (χ0n) is 20.6. The minimum atomic E-state index is -3.92. The van der Waals surface area contributed by atoms with E-state index in [1.807, 2.05) is 6.92 Å². The van der Waals surface area contributed by atoms with Crippen molar-refractivity contribution < 1.29 is 31.9 Å². The molecule has 0 radical (unpaired) electrons. The Kier molecular flexibility index (Phi) is 9.47. The molecule has 0 saturated heterocycles. The van der Waals surface area contributed by atoms with Gasteiger partial charge in [-0.15, -0.1) is 0 Å². The molecular weight excluding hydrogens is 477 g/mol. The van der Waals surface area contributed by atoms with E-state index in [-0.39, 0.29) is 29.6 Å². The van der Waals surface area contributed by atoms with Crippen molar-refractivity contribution >= 4 is 33.4 Å². The van der Waals surface area contributed by atoms with Gasteiger partial charge in [0, 0.05) is 19.2 Å². The van der Waals surface area contributed by atoms with Gasteiger partial charge in [-0.1, -0.05) is 6.92 Å². The maximum Gasteiger partial charge on any atom is 0.412 e. The Hall–Kier alpha value is -3.34. The number of carbonyl (C=O) groups excluding carboxylic acids is 2. The lowest BCUT2D eigenvalue weighted by Gasteiger charge is -2.31. The van der Waals surface area contributed by atoms with Gasteiger partial charge in [0.05, 0.1) is 17.1 Å². The van der Waals surface area contributed by atoms with Gasteiger partial charge in [-0.3, -0.25) is 14.4 Å². The average Bonchev–Trinajstić information content (AvgIpc) is 2.78. The van der Waals surface area contributed by atoms with Gasteiger partial charge >= 0.3 is 6.09 Å². The summed E-state index contributed by atoms with van der Waals surface area (Å²) >= 11 is 0. The van der Waals surface area contributed by atoms with E-state index >= 15 is 0 Å². The van der Waals surface area contributed by atoms with E-state index in [1.54, 1.807) is 40.0 Å². The molecule has 0 fully saturated rings. The van der Waals surface area contributed by atoms with Crippen LogP contribution >= 0.6 is 0 Å². The van der Waals surface area contributed by atoms with Gasteiger partial charge < -0.3 is 14.8 Å². The number of benzene rings is 2. The molecule has 2 amide bonds. The van der Waals surface area contributed by atoms with Crippen LogP contribution in [0.2, 0.25) is 0 Å². The number of rotatable bonds is 5. The van der Waals surface area contributed by atoms with Crippen molar-refractivity contribution in [2.24, 2.45) is 0 Å². The van der Waals surface area contributed by atoms with Crippen LogP contribution in [-0.2, 0) is 19.6 Å². The number of fused-ring (bicyclic) bond motifs is 1. The van der Waals surface area contributed by atoms with Gasteiger partial charge in [0.2, 0.25) is 5.91 Å². The predicted molar refractivity (Wildman–Crippen MR) is 132 cm³/mol. The van der Waals surface area contributed by atoms with Crippen molar-refractivity contribution in [3.05, 3.63) is 48.3 Å². The number of hydrogen-bond donors (Lipinski definition) is 2. The number of halogens is 1. The highest BCUT2D eigenvalue weighted by Gasteiger charge is 2.30. The van der Waals surface area contributed by atoms with Gasteiger partial charge in [-0.05, 0) is 69.7 Å². The monoisotopic (exact) mass is 509 g/mol. The number of hydrogen-bond acceptors (Lipinski definition) is 6. The van der Waals surface area contributed by atoms with Crippen molar-refractivity contribution in [2.75, 3.05) is 29.8 Å². The normalized spacial score (nSPS) is 12.9.